The van der Waals surface area contributed by atoms with Gasteiger partial charge in [-0.1, -0.05) is 18.2 Å². The summed E-state index contributed by atoms with van der Waals surface area (Å²) < 4.78 is 49.6. The highest BCUT2D eigenvalue weighted by molar-refractivity contribution is 7.91. The minimum absolute atomic E-state index is 0.138. The number of nitrogens with one attached hydrogen (secondary N) is 1. The number of carbonyl (C=O) groups is 1. The molecule has 1 aromatic heterocycles. The molecule has 1 heterocycles. The summed E-state index contributed by atoms with van der Waals surface area (Å²) in [5.74, 6) is -4.01. The van der Waals surface area contributed by atoms with E-state index in [0.29, 0.717) is 12.2 Å². The molecule has 2 aromatic carbocycles. The van der Waals surface area contributed by atoms with E-state index in [1.807, 2.05) is 12.1 Å². The largest absolute Gasteiger partial charge is 0.341 e. The van der Waals surface area contributed by atoms with Gasteiger partial charge in [0.2, 0.25) is 9.84 Å². The first kappa shape index (κ1) is 18.6. The third-order valence-electron chi connectivity index (χ3n) is 3.74. The molecule has 0 aliphatic carbocycles. The summed E-state index contributed by atoms with van der Waals surface area (Å²) in [5, 5.41) is 6.73. The van der Waals surface area contributed by atoms with E-state index >= 15 is 0 Å². The van der Waals surface area contributed by atoms with E-state index in [1.54, 1.807) is 23.1 Å². The summed E-state index contributed by atoms with van der Waals surface area (Å²) in [5.41, 5.74) is 1.47. The van der Waals surface area contributed by atoms with E-state index in [2.05, 4.69) is 15.4 Å². The first-order valence-electron chi connectivity index (χ1n) is 7.72. The van der Waals surface area contributed by atoms with Gasteiger partial charge in [-0.2, -0.15) is 13.9 Å². The van der Waals surface area contributed by atoms with Crippen molar-refractivity contribution in [2.75, 3.05) is 5.32 Å². The van der Waals surface area contributed by atoms with E-state index < -0.39 is 26.4 Å². The molecule has 0 saturated carbocycles. The Labute approximate surface area is 153 Å². The maximum absolute atomic E-state index is 12.6. The molecule has 0 aliphatic rings. The van der Waals surface area contributed by atoms with Gasteiger partial charge in [0.1, 0.15) is 12.7 Å². The Hall–Kier alpha value is -3.14. The Morgan fingerprint density at radius 2 is 1.81 bits per heavy atom. The Balaban J connectivity index is 1.78. The molecule has 7 nitrogen and oxygen atoms in total. The number of para-hydroxylation sites is 1. The number of hydrogen-bond acceptors (Lipinski definition) is 5. The van der Waals surface area contributed by atoms with E-state index in [0.717, 1.165) is 17.7 Å². The molecule has 140 valence electrons. The number of sulfone groups is 1. The van der Waals surface area contributed by atoms with Gasteiger partial charge in [0.25, 0.3) is 5.91 Å². The van der Waals surface area contributed by atoms with E-state index in [4.69, 9.17) is 0 Å². The summed E-state index contributed by atoms with van der Waals surface area (Å²) in [7, 11) is -4.69. The van der Waals surface area contributed by atoms with Crippen LogP contribution in [0, 0.1) is 0 Å². The van der Waals surface area contributed by atoms with Crippen LogP contribution in [0.4, 0.5) is 14.5 Å². The minimum atomic E-state index is -4.69. The average Bonchev–Trinajstić information content (AvgIpc) is 3.16. The number of anilines is 1. The number of nitrogens with zero attached hydrogens (tertiary/aromatic N) is 3. The molecule has 0 atom stereocenters. The van der Waals surface area contributed by atoms with Gasteiger partial charge in [0.15, 0.2) is 0 Å². The van der Waals surface area contributed by atoms with Crippen LogP contribution in [-0.2, 0) is 16.4 Å². The number of benzene rings is 2. The monoisotopic (exact) mass is 392 g/mol. The molecular weight excluding hydrogens is 378 g/mol. The van der Waals surface area contributed by atoms with Gasteiger partial charge in [-0.3, -0.25) is 4.79 Å². The first-order chi connectivity index (χ1) is 12.9. The van der Waals surface area contributed by atoms with Crippen molar-refractivity contribution >= 4 is 21.4 Å². The summed E-state index contributed by atoms with van der Waals surface area (Å²) >= 11 is 0. The predicted octanol–water partition coefficient (Wildman–Crippen LogP) is 2.58. The normalized spacial score (nSPS) is 11.5. The van der Waals surface area contributed by atoms with Crippen LogP contribution >= 0.6 is 0 Å². The van der Waals surface area contributed by atoms with Crippen molar-refractivity contribution in [3.63, 3.8) is 0 Å². The number of carbonyl (C=O) groups excluding carboxylic acids is 1. The lowest BCUT2D eigenvalue weighted by Crippen LogP contribution is -2.15. The van der Waals surface area contributed by atoms with Gasteiger partial charge in [0, 0.05) is 11.3 Å². The summed E-state index contributed by atoms with van der Waals surface area (Å²) in [4.78, 5) is 15.7. The Morgan fingerprint density at radius 3 is 2.44 bits per heavy atom. The standard InChI is InChI=1S/C17H14F2N4O3S/c18-17(19)27(25,26)14-7-5-12(6-8-14)16(24)22-15-4-2-1-3-13(15)9-23-11-20-10-21-23/h1-8,10-11,17H,9H2,(H,22,24). The van der Waals surface area contributed by atoms with Crippen LogP contribution in [0.5, 0.6) is 0 Å². The zero-order valence-electron chi connectivity index (χ0n) is 13.8. The average molecular weight is 392 g/mol. The zero-order valence-corrected chi connectivity index (χ0v) is 14.6. The van der Waals surface area contributed by atoms with Gasteiger partial charge in [0.05, 0.1) is 11.4 Å². The fraction of sp³-hybridized carbons (Fsp3) is 0.118. The lowest BCUT2D eigenvalue weighted by atomic mass is 10.1. The molecule has 0 saturated heterocycles. The molecule has 1 amide bonds. The second kappa shape index (κ2) is 7.62. The molecule has 0 fully saturated rings. The lowest BCUT2D eigenvalue weighted by molar-refractivity contribution is 0.102. The predicted molar refractivity (Wildman–Crippen MR) is 93.2 cm³/mol. The topological polar surface area (TPSA) is 93.9 Å². The molecule has 10 heteroatoms. The lowest BCUT2D eigenvalue weighted by Gasteiger charge is -2.11. The molecule has 3 aromatic rings. The smallest absolute Gasteiger partial charge is 0.322 e. The Bertz CT molecular complexity index is 1040. The van der Waals surface area contributed by atoms with Gasteiger partial charge in [-0.05, 0) is 35.9 Å². The maximum Gasteiger partial charge on any atom is 0.341 e. The molecule has 0 bridgehead atoms. The summed E-state index contributed by atoms with van der Waals surface area (Å²) in [6.45, 7) is 0.391. The summed E-state index contributed by atoms with van der Waals surface area (Å²) in [6, 6.07) is 11.4. The second-order valence-corrected chi connectivity index (χ2v) is 7.45. The maximum atomic E-state index is 12.6. The van der Waals surface area contributed by atoms with Crippen LogP contribution in [0.3, 0.4) is 0 Å². The van der Waals surface area contributed by atoms with Crippen LogP contribution < -0.4 is 5.32 Å². The van der Waals surface area contributed by atoms with Gasteiger partial charge in [-0.25, -0.2) is 18.1 Å². The van der Waals surface area contributed by atoms with Crippen molar-refractivity contribution in [3.8, 4) is 0 Å². The fourth-order valence-corrected chi connectivity index (χ4v) is 3.08. The van der Waals surface area contributed by atoms with E-state index in [1.165, 1.54) is 18.5 Å². The zero-order chi connectivity index (χ0) is 19.4. The third-order valence-corrected chi connectivity index (χ3v) is 5.14. The number of aromatic nitrogens is 3. The molecule has 3 rings (SSSR count). The van der Waals surface area contributed by atoms with Crippen molar-refractivity contribution in [1.82, 2.24) is 14.8 Å². The highest BCUT2D eigenvalue weighted by atomic mass is 32.2. The highest BCUT2D eigenvalue weighted by Gasteiger charge is 2.26. The summed E-state index contributed by atoms with van der Waals surface area (Å²) in [6.07, 6.45) is 2.94. The van der Waals surface area contributed by atoms with Crippen LogP contribution in [0.2, 0.25) is 0 Å². The van der Waals surface area contributed by atoms with Crippen molar-refractivity contribution in [2.45, 2.75) is 17.2 Å². The van der Waals surface area contributed by atoms with Crippen LogP contribution in [0.1, 0.15) is 15.9 Å². The van der Waals surface area contributed by atoms with Crippen molar-refractivity contribution < 1.29 is 22.0 Å². The second-order valence-electron chi connectivity index (χ2n) is 5.53. The number of halogens is 2. The van der Waals surface area contributed by atoms with Crippen molar-refractivity contribution in [3.05, 3.63) is 72.3 Å². The van der Waals surface area contributed by atoms with Crippen molar-refractivity contribution in [1.29, 1.82) is 0 Å². The first-order valence-corrected chi connectivity index (χ1v) is 9.26. The van der Waals surface area contributed by atoms with Gasteiger partial charge >= 0.3 is 5.76 Å². The van der Waals surface area contributed by atoms with Crippen LogP contribution in [0.15, 0.2) is 66.1 Å². The van der Waals surface area contributed by atoms with Crippen LogP contribution in [0.25, 0.3) is 0 Å². The fourth-order valence-electron chi connectivity index (χ4n) is 2.36. The molecule has 0 aliphatic heterocycles. The molecule has 0 radical (unpaired) electrons. The number of amides is 1. The molecular formula is C17H14F2N4O3S. The Morgan fingerprint density at radius 1 is 1.11 bits per heavy atom. The third kappa shape index (κ3) is 4.17. The van der Waals surface area contributed by atoms with Gasteiger partial charge < -0.3 is 5.32 Å². The van der Waals surface area contributed by atoms with Crippen LogP contribution in [-0.4, -0.2) is 34.8 Å². The van der Waals surface area contributed by atoms with Gasteiger partial charge in [-0.15, -0.1) is 0 Å². The quantitative estimate of drug-likeness (QED) is 0.696. The molecule has 0 spiro atoms. The number of rotatable bonds is 6. The SMILES string of the molecule is O=C(Nc1ccccc1Cn1cncn1)c1ccc(S(=O)(=O)C(F)F)cc1. The van der Waals surface area contributed by atoms with E-state index in [9.17, 15) is 22.0 Å². The number of hydrogen-bond donors (Lipinski definition) is 1. The van der Waals surface area contributed by atoms with Crippen molar-refractivity contribution in [2.24, 2.45) is 0 Å². The minimum Gasteiger partial charge on any atom is -0.322 e. The number of alkyl halides is 2. The molecule has 1 N–H and O–H groups in total. The molecule has 0 unspecified atom stereocenters. The highest BCUT2D eigenvalue weighted by Crippen LogP contribution is 2.20. The van der Waals surface area contributed by atoms with E-state index in [-0.39, 0.29) is 5.56 Å². The Kier molecular flexibility index (Phi) is 5.26. The molecule has 27 heavy (non-hydrogen) atoms.